The number of hydrogen-bond donors (Lipinski definition) is 3. The number of anilines is 1. The Hall–Kier alpha value is -2.24. The minimum atomic E-state index is -0.866. The van der Waals surface area contributed by atoms with E-state index in [4.69, 9.17) is 11.5 Å². The second-order valence-electron chi connectivity index (χ2n) is 3.46. The van der Waals surface area contributed by atoms with E-state index in [-0.39, 0.29) is 19.1 Å². The third-order valence-electron chi connectivity index (χ3n) is 2.20. The van der Waals surface area contributed by atoms with Gasteiger partial charge in [-0.25, -0.2) is 4.79 Å². The summed E-state index contributed by atoms with van der Waals surface area (Å²) in [6, 6.07) is 5.20. The molecule has 0 aromatic heterocycles. The van der Waals surface area contributed by atoms with Crippen molar-refractivity contribution >= 4 is 17.7 Å². The van der Waals surface area contributed by atoms with Gasteiger partial charge in [0.05, 0.1) is 12.1 Å². The van der Waals surface area contributed by atoms with Crippen LogP contribution in [-0.4, -0.2) is 25.2 Å². The second-order valence-corrected chi connectivity index (χ2v) is 3.46. The Kier molecular flexibility index (Phi) is 4.33. The van der Waals surface area contributed by atoms with E-state index in [2.05, 4.69) is 10.1 Å². The zero-order valence-electron chi connectivity index (χ0n) is 9.53. The summed E-state index contributed by atoms with van der Waals surface area (Å²) >= 11 is 0. The number of hydrogen-bond acceptors (Lipinski definition) is 4. The molecule has 17 heavy (non-hydrogen) atoms. The van der Waals surface area contributed by atoms with Crippen molar-refractivity contribution in [3.05, 3.63) is 29.3 Å². The zero-order valence-corrected chi connectivity index (χ0v) is 9.53. The van der Waals surface area contributed by atoms with E-state index in [9.17, 15) is 9.59 Å². The molecule has 92 valence electrons. The first-order valence-corrected chi connectivity index (χ1v) is 5.08. The van der Waals surface area contributed by atoms with Crippen molar-refractivity contribution in [2.75, 3.05) is 18.9 Å². The smallest absolute Gasteiger partial charge is 0.404 e. The number of ether oxygens (including phenoxy) is 1. The monoisotopic (exact) mass is 237 g/mol. The summed E-state index contributed by atoms with van der Waals surface area (Å²) in [6.45, 7) is 2.05. The topological polar surface area (TPSA) is 107 Å². The van der Waals surface area contributed by atoms with Gasteiger partial charge in [0.1, 0.15) is 6.61 Å². The van der Waals surface area contributed by atoms with Crippen LogP contribution in [0.15, 0.2) is 18.2 Å². The maximum atomic E-state index is 11.7. The molecule has 0 bridgehead atoms. The fourth-order valence-corrected chi connectivity index (χ4v) is 1.29. The normalized spacial score (nSPS) is 9.71. The first-order chi connectivity index (χ1) is 8.02. The van der Waals surface area contributed by atoms with Crippen LogP contribution < -0.4 is 16.8 Å². The molecule has 0 spiro atoms. The Morgan fingerprint density at radius 1 is 1.41 bits per heavy atom. The number of nitrogens with two attached hydrogens (primary N) is 2. The number of nitrogens with one attached hydrogen (secondary N) is 1. The quantitative estimate of drug-likeness (QED) is 0.520. The lowest BCUT2D eigenvalue weighted by molar-refractivity contribution is 0.0937. The number of nitrogen functional groups attached to an aromatic ring is 1. The Labute approximate surface area is 98.9 Å². The summed E-state index contributed by atoms with van der Waals surface area (Å²) in [7, 11) is 0. The minimum absolute atomic E-state index is 0.0345. The van der Waals surface area contributed by atoms with Crippen molar-refractivity contribution in [3.8, 4) is 0 Å². The van der Waals surface area contributed by atoms with Gasteiger partial charge in [-0.3, -0.25) is 4.79 Å². The van der Waals surface area contributed by atoms with Crippen LogP contribution >= 0.6 is 0 Å². The highest BCUT2D eigenvalue weighted by Crippen LogP contribution is 2.15. The highest BCUT2D eigenvalue weighted by Gasteiger charge is 2.10. The third-order valence-corrected chi connectivity index (χ3v) is 2.20. The molecule has 0 fully saturated rings. The maximum absolute atomic E-state index is 11.7. The number of carbonyl (C=O) groups is 2. The Balaban J connectivity index is 2.53. The second kappa shape index (κ2) is 5.74. The van der Waals surface area contributed by atoms with E-state index < -0.39 is 6.09 Å². The summed E-state index contributed by atoms with van der Waals surface area (Å²) in [5.74, 6) is -0.306. The molecule has 0 heterocycles. The van der Waals surface area contributed by atoms with Gasteiger partial charge >= 0.3 is 6.09 Å². The van der Waals surface area contributed by atoms with Crippen molar-refractivity contribution in [2.45, 2.75) is 6.92 Å². The first kappa shape index (κ1) is 12.8. The van der Waals surface area contributed by atoms with Gasteiger partial charge in [0.2, 0.25) is 0 Å². The van der Waals surface area contributed by atoms with Crippen molar-refractivity contribution < 1.29 is 14.3 Å². The lowest BCUT2D eigenvalue weighted by Crippen LogP contribution is -2.29. The molecule has 0 radical (unpaired) electrons. The molecule has 1 aromatic carbocycles. The molecule has 1 aromatic rings. The molecule has 5 N–H and O–H groups in total. The van der Waals surface area contributed by atoms with Crippen LogP contribution in [0.25, 0.3) is 0 Å². The molecule has 2 amide bonds. The van der Waals surface area contributed by atoms with E-state index in [0.29, 0.717) is 11.3 Å². The van der Waals surface area contributed by atoms with Gasteiger partial charge in [0.25, 0.3) is 5.91 Å². The first-order valence-electron chi connectivity index (χ1n) is 5.08. The maximum Gasteiger partial charge on any atom is 0.404 e. The zero-order chi connectivity index (χ0) is 12.8. The van der Waals surface area contributed by atoms with Gasteiger partial charge in [-0.15, -0.1) is 0 Å². The number of aryl methyl sites for hydroxylation is 1. The van der Waals surface area contributed by atoms with Gasteiger partial charge in [-0.05, 0) is 18.6 Å². The van der Waals surface area contributed by atoms with Crippen molar-refractivity contribution in [1.29, 1.82) is 0 Å². The molecule has 0 atom stereocenters. The number of rotatable bonds is 4. The number of primary amides is 1. The highest BCUT2D eigenvalue weighted by atomic mass is 16.5. The lowest BCUT2D eigenvalue weighted by Gasteiger charge is -2.09. The van der Waals surface area contributed by atoms with Crippen molar-refractivity contribution in [1.82, 2.24) is 5.32 Å². The van der Waals surface area contributed by atoms with Crippen molar-refractivity contribution in [2.24, 2.45) is 5.73 Å². The third kappa shape index (κ3) is 3.67. The lowest BCUT2D eigenvalue weighted by atomic mass is 10.1. The van der Waals surface area contributed by atoms with Gasteiger partial charge < -0.3 is 21.5 Å². The molecule has 0 aliphatic heterocycles. The van der Waals surface area contributed by atoms with Gasteiger partial charge in [-0.2, -0.15) is 0 Å². The van der Waals surface area contributed by atoms with E-state index in [1.54, 1.807) is 12.1 Å². The van der Waals surface area contributed by atoms with E-state index in [1.807, 2.05) is 13.0 Å². The fraction of sp³-hybridized carbons (Fsp3) is 0.273. The number of amides is 2. The van der Waals surface area contributed by atoms with E-state index in [1.165, 1.54) is 0 Å². The standard InChI is InChI=1S/C11H15N3O3/c1-7-3-2-4-8(9(7)12)10(15)14-5-6-17-11(13)16/h2-4H,5-6,12H2,1H3,(H2,13,16)(H,14,15). The van der Waals surface area contributed by atoms with Gasteiger partial charge in [0.15, 0.2) is 0 Å². The molecule has 0 aliphatic carbocycles. The van der Waals surface area contributed by atoms with Crippen LogP contribution in [0.2, 0.25) is 0 Å². The summed E-state index contributed by atoms with van der Waals surface area (Å²) in [6.07, 6.45) is -0.866. The average molecular weight is 237 g/mol. The van der Waals surface area contributed by atoms with Crippen LogP contribution in [0.4, 0.5) is 10.5 Å². The molecule has 0 unspecified atom stereocenters. The van der Waals surface area contributed by atoms with E-state index >= 15 is 0 Å². The predicted molar refractivity (Wildman–Crippen MR) is 63.5 cm³/mol. The summed E-state index contributed by atoms with van der Waals surface area (Å²) in [5, 5.41) is 2.57. The van der Waals surface area contributed by atoms with Crippen LogP contribution in [-0.2, 0) is 4.74 Å². The Bertz CT molecular complexity index is 432. The van der Waals surface area contributed by atoms with Crippen LogP contribution in [0, 0.1) is 6.92 Å². The van der Waals surface area contributed by atoms with Gasteiger partial charge in [0, 0.05) is 5.69 Å². The fourth-order valence-electron chi connectivity index (χ4n) is 1.29. The molecule has 0 aliphatic rings. The molecule has 1 rings (SSSR count). The molecule has 0 saturated heterocycles. The van der Waals surface area contributed by atoms with Crippen LogP contribution in [0.3, 0.4) is 0 Å². The molecule has 6 heteroatoms. The molecule has 0 saturated carbocycles. The van der Waals surface area contributed by atoms with Gasteiger partial charge in [-0.1, -0.05) is 12.1 Å². The SMILES string of the molecule is Cc1cccc(C(=O)NCCOC(N)=O)c1N. The minimum Gasteiger partial charge on any atom is -0.448 e. The van der Waals surface area contributed by atoms with Crippen molar-refractivity contribution in [3.63, 3.8) is 0 Å². The Morgan fingerprint density at radius 3 is 2.76 bits per heavy atom. The summed E-state index contributed by atoms with van der Waals surface area (Å²) in [4.78, 5) is 22.0. The summed E-state index contributed by atoms with van der Waals surface area (Å²) in [5.41, 5.74) is 12.2. The molecular weight excluding hydrogens is 222 g/mol. The predicted octanol–water partition coefficient (Wildman–Crippen LogP) is 0.402. The Morgan fingerprint density at radius 2 is 2.12 bits per heavy atom. The molecular formula is C11H15N3O3. The molecule has 6 nitrogen and oxygen atoms in total. The van der Waals surface area contributed by atoms with Crippen LogP contribution in [0.1, 0.15) is 15.9 Å². The number of para-hydroxylation sites is 1. The number of benzene rings is 1. The van der Waals surface area contributed by atoms with Crippen LogP contribution in [0.5, 0.6) is 0 Å². The van der Waals surface area contributed by atoms with E-state index in [0.717, 1.165) is 5.56 Å². The largest absolute Gasteiger partial charge is 0.448 e. The number of carbonyl (C=O) groups excluding carboxylic acids is 2. The highest BCUT2D eigenvalue weighted by molar-refractivity contribution is 5.99. The average Bonchev–Trinajstić information content (AvgIpc) is 2.27. The summed E-state index contributed by atoms with van der Waals surface area (Å²) < 4.78 is 4.47.